The van der Waals surface area contributed by atoms with E-state index >= 15 is 0 Å². The Balaban J connectivity index is 1.30. The Morgan fingerprint density at radius 3 is 2.39 bits per heavy atom. The smallest absolute Gasteiger partial charge is 0.260 e. The van der Waals surface area contributed by atoms with Crippen molar-refractivity contribution in [3.8, 4) is 17.0 Å². The first-order chi connectivity index (χ1) is 15.1. The van der Waals surface area contributed by atoms with Crippen LogP contribution in [0.4, 0.5) is 5.82 Å². The molecule has 1 amide bonds. The molecule has 2 heterocycles. The Morgan fingerprint density at radius 2 is 1.71 bits per heavy atom. The van der Waals surface area contributed by atoms with Crippen molar-refractivity contribution < 1.29 is 9.53 Å². The number of piperazine rings is 1. The maximum Gasteiger partial charge on any atom is 0.260 e. The third-order valence-electron chi connectivity index (χ3n) is 5.45. The van der Waals surface area contributed by atoms with Gasteiger partial charge in [0.25, 0.3) is 5.91 Å². The number of nitrogens with zero attached hydrogens (tertiary/aromatic N) is 4. The molecule has 3 aromatic rings. The summed E-state index contributed by atoms with van der Waals surface area (Å²) in [7, 11) is 0. The second-order valence-corrected chi connectivity index (χ2v) is 7.84. The summed E-state index contributed by atoms with van der Waals surface area (Å²) in [4.78, 5) is 16.6. The van der Waals surface area contributed by atoms with E-state index in [0.717, 1.165) is 34.8 Å². The summed E-state index contributed by atoms with van der Waals surface area (Å²) < 4.78 is 5.78. The molecule has 0 atom stereocenters. The quantitative estimate of drug-likeness (QED) is 0.582. The second kappa shape index (κ2) is 9.79. The zero-order chi connectivity index (χ0) is 21.6. The first-order valence-corrected chi connectivity index (χ1v) is 10.8. The number of benzene rings is 2. The van der Waals surface area contributed by atoms with E-state index < -0.39 is 0 Å². The molecule has 0 saturated carbocycles. The summed E-state index contributed by atoms with van der Waals surface area (Å²) in [6.07, 6.45) is 0.876. The summed E-state index contributed by atoms with van der Waals surface area (Å²) in [6, 6.07) is 19.3. The molecular formula is C24H25ClN4O2. The predicted octanol–water partition coefficient (Wildman–Crippen LogP) is 4.09. The lowest BCUT2D eigenvalue weighted by Gasteiger charge is -2.35. The zero-order valence-electron chi connectivity index (χ0n) is 17.5. The van der Waals surface area contributed by atoms with Gasteiger partial charge in [-0.25, -0.2) is 0 Å². The van der Waals surface area contributed by atoms with E-state index in [2.05, 4.69) is 22.0 Å². The van der Waals surface area contributed by atoms with Gasteiger partial charge in [0.1, 0.15) is 5.75 Å². The number of halogens is 1. The van der Waals surface area contributed by atoms with Crippen LogP contribution in [0.3, 0.4) is 0 Å². The van der Waals surface area contributed by atoms with Crippen LogP contribution in [-0.2, 0) is 11.2 Å². The van der Waals surface area contributed by atoms with E-state index in [1.165, 1.54) is 0 Å². The summed E-state index contributed by atoms with van der Waals surface area (Å²) in [6.45, 7) is 4.84. The molecule has 0 radical (unpaired) electrons. The van der Waals surface area contributed by atoms with Crippen LogP contribution in [0.1, 0.15) is 12.5 Å². The zero-order valence-corrected chi connectivity index (χ0v) is 18.3. The highest BCUT2D eigenvalue weighted by molar-refractivity contribution is 6.30. The highest BCUT2D eigenvalue weighted by Crippen LogP contribution is 2.22. The van der Waals surface area contributed by atoms with Crippen molar-refractivity contribution in [3.05, 3.63) is 71.2 Å². The van der Waals surface area contributed by atoms with Crippen LogP contribution >= 0.6 is 11.6 Å². The first-order valence-electron chi connectivity index (χ1n) is 10.5. The molecular weight excluding hydrogens is 412 g/mol. The maximum atomic E-state index is 12.6. The molecule has 6 nitrogen and oxygen atoms in total. The number of hydrogen-bond donors (Lipinski definition) is 0. The van der Waals surface area contributed by atoms with Gasteiger partial charge in [0.05, 0.1) is 5.69 Å². The summed E-state index contributed by atoms with van der Waals surface area (Å²) in [5.41, 5.74) is 2.89. The molecule has 1 aliphatic rings. The number of para-hydroxylation sites is 1. The van der Waals surface area contributed by atoms with E-state index in [1.54, 1.807) is 0 Å². The van der Waals surface area contributed by atoms with Crippen molar-refractivity contribution in [3.63, 3.8) is 0 Å². The average molecular weight is 437 g/mol. The summed E-state index contributed by atoms with van der Waals surface area (Å²) in [5, 5.41) is 9.43. The number of hydrogen-bond acceptors (Lipinski definition) is 5. The molecule has 1 fully saturated rings. The summed E-state index contributed by atoms with van der Waals surface area (Å²) in [5.74, 6) is 1.61. The number of carbonyl (C=O) groups excluding carboxylic acids is 1. The predicted molar refractivity (Wildman–Crippen MR) is 123 cm³/mol. The normalized spacial score (nSPS) is 13.9. The lowest BCUT2D eigenvalue weighted by Crippen LogP contribution is -2.50. The minimum atomic E-state index is 0.00901. The molecule has 0 bridgehead atoms. The Kier molecular flexibility index (Phi) is 6.67. The SMILES string of the molecule is CCc1ccccc1OCC(=O)N1CCN(c2ccc(-c3ccc(Cl)cc3)nn2)CC1. The molecule has 0 aliphatic carbocycles. The molecule has 2 aromatic carbocycles. The van der Waals surface area contributed by atoms with Crippen LogP contribution < -0.4 is 9.64 Å². The Hall–Kier alpha value is -3.12. The molecule has 4 rings (SSSR count). The number of rotatable bonds is 6. The van der Waals surface area contributed by atoms with Crippen molar-refractivity contribution >= 4 is 23.3 Å². The minimum absolute atomic E-state index is 0.00901. The fourth-order valence-corrected chi connectivity index (χ4v) is 3.75. The van der Waals surface area contributed by atoms with Crippen molar-refractivity contribution in [1.29, 1.82) is 0 Å². The van der Waals surface area contributed by atoms with Gasteiger partial charge in [-0.3, -0.25) is 4.79 Å². The number of anilines is 1. The molecule has 1 aliphatic heterocycles. The molecule has 160 valence electrons. The van der Waals surface area contributed by atoms with Gasteiger partial charge in [0.15, 0.2) is 12.4 Å². The van der Waals surface area contributed by atoms with Gasteiger partial charge < -0.3 is 14.5 Å². The second-order valence-electron chi connectivity index (χ2n) is 7.40. The highest BCUT2D eigenvalue weighted by atomic mass is 35.5. The molecule has 0 N–H and O–H groups in total. The topological polar surface area (TPSA) is 58.6 Å². The Bertz CT molecular complexity index is 1020. The molecule has 1 saturated heterocycles. The van der Waals surface area contributed by atoms with Crippen LogP contribution in [0.15, 0.2) is 60.7 Å². The van der Waals surface area contributed by atoms with Gasteiger partial charge in [0, 0.05) is 36.8 Å². The van der Waals surface area contributed by atoms with Gasteiger partial charge in [-0.15, -0.1) is 10.2 Å². The lowest BCUT2D eigenvalue weighted by molar-refractivity contribution is -0.133. The molecule has 31 heavy (non-hydrogen) atoms. The molecule has 7 heteroatoms. The Labute approximate surface area is 187 Å². The standard InChI is InChI=1S/C24H25ClN4O2/c1-2-18-5-3-4-6-22(18)31-17-24(30)29-15-13-28(14-16-29)23-12-11-21(26-27-23)19-7-9-20(25)10-8-19/h3-12H,2,13-17H2,1H3. The molecule has 1 aromatic heterocycles. The molecule has 0 unspecified atom stereocenters. The fraction of sp³-hybridized carbons (Fsp3) is 0.292. The van der Waals surface area contributed by atoms with Crippen LogP contribution in [0.2, 0.25) is 5.02 Å². The lowest BCUT2D eigenvalue weighted by atomic mass is 10.1. The minimum Gasteiger partial charge on any atom is -0.483 e. The largest absolute Gasteiger partial charge is 0.483 e. The Morgan fingerprint density at radius 1 is 0.968 bits per heavy atom. The number of carbonyl (C=O) groups is 1. The number of ether oxygens (including phenoxy) is 1. The van der Waals surface area contributed by atoms with Gasteiger partial charge in [0.2, 0.25) is 0 Å². The van der Waals surface area contributed by atoms with Crippen molar-refractivity contribution in [2.24, 2.45) is 0 Å². The van der Waals surface area contributed by atoms with Crippen molar-refractivity contribution in [2.75, 3.05) is 37.7 Å². The van der Waals surface area contributed by atoms with E-state index in [9.17, 15) is 4.79 Å². The monoisotopic (exact) mass is 436 g/mol. The molecule has 0 spiro atoms. The van der Waals surface area contributed by atoms with Gasteiger partial charge in [-0.05, 0) is 42.3 Å². The first kappa shape index (κ1) is 21.1. The third-order valence-corrected chi connectivity index (χ3v) is 5.70. The maximum absolute atomic E-state index is 12.6. The van der Waals surface area contributed by atoms with E-state index in [1.807, 2.05) is 65.6 Å². The third kappa shape index (κ3) is 5.14. The van der Waals surface area contributed by atoms with Crippen LogP contribution in [0.5, 0.6) is 5.75 Å². The van der Waals surface area contributed by atoms with Crippen LogP contribution in [0.25, 0.3) is 11.3 Å². The van der Waals surface area contributed by atoms with E-state index in [4.69, 9.17) is 16.3 Å². The van der Waals surface area contributed by atoms with E-state index in [0.29, 0.717) is 31.2 Å². The summed E-state index contributed by atoms with van der Waals surface area (Å²) >= 11 is 5.95. The average Bonchev–Trinajstić information content (AvgIpc) is 2.83. The number of aromatic nitrogens is 2. The fourth-order valence-electron chi connectivity index (χ4n) is 3.62. The van der Waals surface area contributed by atoms with Gasteiger partial charge in [-0.1, -0.05) is 48.9 Å². The van der Waals surface area contributed by atoms with Crippen LogP contribution in [-0.4, -0.2) is 53.8 Å². The van der Waals surface area contributed by atoms with Crippen molar-refractivity contribution in [1.82, 2.24) is 15.1 Å². The number of aryl methyl sites for hydroxylation is 1. The van der Waals surface area contributed by atoms with E-state index in [-0.39, 0.29) is 12.5 Å². The van der Waals surface area contributed by atoms with Crippen molar-refractivity contribution in [2.45, 2.75) is 13.3 Å². The van der Waals surface area contributed by atoms with Crippen LogP contribution in [0, 0.1) is 0 Å². The van der Waals surface area contributed by atoms with Gasteiger partial charge >= 0.3 is 0 Å². The highest BCUT2D eigenvalue weighted by Gasteiger charge is 2.22. The van der Waals surface area contributed by atoms with Gasteiger partial charge in [-0.2, -0.15) is 0 Å². The number of amides is 1.